The molecule has 0 bridgehead atoms. The fourth-order valence-corrected chi connectivity index (χ4v) is 3.52. The summed E-state index contributed by atoms with van der Waals surface area (Å²) >= 11 is 6.10. The monoisotopic (exact) mass is 347 g/mol. The molecule has 3 nitrogen and oxygen atoms in total. The first-order valence-corrected chi connectivity index (χ1v) is 8.69. The van der Waals surface area contributed by atoms with Crippen molar-refractivity contribution >= 4 is 22.5 Å². The summed E-state index contributed by atoms with van der Waals surface area (Å²) < 4.78 is 2.27. The van der Waals surface area contributed by atoms with Gasteiger partial charge in [-0.15, -0.1) is 0 Å². The van der Waals surface area contributed by atoms with Gasteiger partial charge < -0.3 is 4.57 Å². The van der Waals surface area contributed by atoms with Crippen LogP contribution in [0.2, 0.25) is 5.02 Å². The molecule has 4 heteroatoms. The maximum absolute atomic E-state index is 6.10. The molecule has 0 radical (unpaired) electrons. The fraction of sp³-hybridized carbons (Fsp3) is 0.143. The van der Waals surface area contributed by atoms with Crippen LogP contribution in [0.1, 0.15) is 25.3 Å². The maximum Gasteiger partial charge on any atom is 0.0721 e. The van der Waals surface area contributed by atoms with E-state index in [0.29, 0.717) is 5.92 Å². The second-order valence-electron chi connectivity index (χ2n) is 6.36. The van der Waals surface area contributed by atoms with Crippen molar-refractivity contribution in [2.75, 3.05) is 0 Å². The number of halogens is 1. The standard InChI is InChI=1S/C21H18ClN3/c1-14(2)20-18-9-12-24-13-19(18)25(17-5-3-16(22)4-6-17)21(20)15-7-10-23-11-8-15/h3-14H,1-2H3. The van der Waals surface area contributed by atoms with E-state index in [1.54, 1.807) is 0 Å². The number of fused-ring (bicyclic) bond motifs is 1. The molecule has 1 aromatic carbocycles. The number of pyridine rings is 2. The van der Waals surface area contributed by atoms with Crippen LogP contribution in [-0.4, -0.2) is 14.5 Å². The van der Waals surface area contributed by atoms with Crippen molar-refractivity contribution in [1.29, 1.82) is 0 Å². The number of aromatic nitrogens is 3. The van der Waals surface area contributed by atoms with Crippen molar-refractivity contribution in [1.82, 2.24) is 14.5 Å². The van der Waals surface area contributed by atoms with E-state index in [9.17, 15) is 0 Å². The van der Waals surface area contributed by atoms with Crippen LogP contribution in [0, 0.1) is 0 Å². The molecule has 0 saturated heterocycles. The van der Waals surface area contributed by atoms with E-state index in [2.05, 4.69) is 46.6 Å². The maximum atomic E-state index is 6.10. The van der Waals surface area contributed by atoms with E-state index in [0.717, 1.165) is 21.8 Å². The molecule has 0 aliphatic heterocycles. The molecule has 3 heterocycles. The van der Waals surface area contributed by atoms with Crippen LogP contribution in [0.15, 0.2) is 67.3 Å². The molecule has 4 aromatic rings. The third kappa shape index (κ3) is 2.71. The van der Waals surface area contributed by atoms with Crippen molar-refractivity contribution < 1.29 is 0 Å². The van der Waals surface area contributed by atoms with Crippen LogP contribution in [0.5, 0.6) is 0 Å². The number of hydrogen-bond donors (Lipinski definition) is 0. The van der Waals surface area contributed by atoms with Crippen molar-refractivity contribution in [3.8, 4) is 16.9 Å². The average Bonchev–Trinajstić information content (AvgIpc) is 2.98. The third-order valence-electron chi connectivity index (χ3n) is 4.43. The molecule has 0 aliphatic rings. The molecular weight excluding hydrogens is 330 g/mol. The van der Waals surface area contributed by atoms with Gasteiger partial charge in [0.25, 0.3) is 0 Å². The molecule has 0 unspecified atom stereocenters. The van der Waals surface area contributed by atoms with Gasteiger partial charge in [0.15, 0.2) is 0 Å². The van der Waals surface area contributed by atoms with Crippen molar-refractivity contribution in [2.24, 2.45) is 0 Å². The number of benzene rings is 1. The molecule has 124 valence electrons. The lowest BCUT2D eigenvalue weighted by atomic mass is 9.97. The topological polar surface area (TPSA) is 30.7 Å². The third-order valence-corrected chi connectivity index (χ3v) is 4.68. The second-order valence-corrected chi connectivity index (χ2v) is 6.79. The molecule has 0 saturated carbocycles. The summed E-state index contributed by atoms with van der Waals surface area (Å²) in [6.45, 7) is 4.46. The summed E-state index contributed by atoms with van der Waals surface area (Å²) in [6.07, 6.45) is 7.46. The highest BCUT2D eigenvalue weighted by atomic mass is 35.5. The zero-order chi connectivity index (χ0) is 17.4. The van der Waals surface area contributed by atoms with Gasteiger partial charge in [0, 0.05) is 40.3 Å². The van der Waals surface area contributed by atoms with E-state index in [-0.39, 0.29) is 0 Å². The molecule has 0 spiro atoms. The van der Waals surface area contributed by atoms with Crippen LogP contribution in [0.4, 0.5) is 0 Å². The zero-order valence-electron chi connectivity index (χ0n) is 14.1. The zero-order valence-corrected chi connectivity index (χ0v) is 14.9. The first-order chi connectivity index (χ1) is 12.2. The summed E-state index contributed by atoms with van der Waals surface area (Å²) in [6, 6.07) is 14.1. The minimum atomic E-state index is 0.376. The van der Waals surface area contributed by atoms with Gasteiger partial charge in [0.1, 0.15) is 0 Å². The van der Waals surface area contributed by atoms with Gasteiger partial charge in [0.2, 0.25) is 0 Å². The van der Waals surface area contributed by atoms with Crippen molar-refractivity contribution in [3.05, 3.63) is 77.8 Å². The average molecular weight is 348 g/mol. The van der Waals surface area contributed by atoms with Gasteiger partial charge in [-0.25, -0.2) is 0 Å². The van der Waals surface area contributed by atoms with Gasteiger partial charge in [-0.1, -0.05) is 25.4 Å². The van der Waals surface area contributed by atoms with E-state index < -0.39 is 0 Å². The minimum Gasteiger partial charge on any atom is -0.307 e. The number of rotatable bonds is 3. The Morgan fingerprint density at radius 2 is 1.56 bits per heavy atom. The Hall–Kier alpha value is -2.65. The number of hydrogen-bond acceptors (Lipinski definition) is 2. The largest absolute Gasteiger partial charge is 0.307 e. The Bertz CT molecular complexity index is 1020. The Morgan fingerprint density at radius 1 is 0.880 bits per heavy atom. The molecule has 3 aromatic heterocycles. The summed E-state index contributed by atoms with van der Waals surface area (Å²) in [5, 5.41) is 1.96. The van der Waals surface area contributed by atoms with Crippen molar-refractivity contribution in [2.45, 2.75) is 19.8 Å². The second kappa shape index (κ2) is 6.34. The van der Waals surface area contributed by atoms with E-state index in [1.807, 2.05) is 49.1 Å². The lowest BCUT2D eigenvalue weighted by Crippen LogP contribution is -1.99. The van der Waals surface area contributed by atoms with Gasteiger partial charge in [-0.2, -0.15) is 0 Å². The number of nitrogens with zero attached hydrogens (tertiary/aromatic N) is 3. The van der Waals surface area contributed by atoms with Crippen LogP contribution >= 0.6 is 11.6 Å². The predicted octanol–water partition coefficient (Wildman–Crippen LogP) is 5.86. The van der Waals surface area contributed by atoms with E-state index in [4.69, 9.17) is 11.6 Å². The van der Waals surface area contributed by atoms with Gasteiger partial charge in [-0.05, 0) is 53.9 Å². The lowest BCUT2D eigenvalue weighted by molar-refractivity contribution is 0.873. The SMILES string of the molecule is CC(C)c1c(-c2ccncc2)n(-c2ccc(Cl)cc2)c2cnccc12. The van der Waals surface area contributed by atoms with Gasteiger partial charge >= 0.3 is 0 Å². The van der Waals surface area contributed by atoms with Crippen LogP contribution in [0.25, 0.3) is 27.8 Å². The highest BCUT2D eigenvalue weighted by molar-refractivity contribution is 6.30. The smallest absolute Gasteiger partial charge is 0.0721 e. The molecule has 25 heavy (non-hydrogen) atoms. The quantitative estimate of drug-likeness (QED) is 0.464. The Kier molecular flexibility index (Phi) is 4.02. The fourth-order valence-electron chi connectivity index (χ4n) is 3.40. The first kappa shape index (κ1) is 15.9. The van der Waals surface area contributed by atoms with E-state index >= 15 is 0 Å². The minimum absolute atomic E-state index is 0.376. The van der Waals surface area contributed by atoms with E-state index in [1.165, 1.54) is 16.6 Å². The molecule has 4 rings (SSSR count). The summed E-state index contributed by atoms with van der Waals surface area (Å²) in [4.78, 5) is 8.54. The lowest BCUT2D eigenvalue weighted by Gasteiger charge is -2.14. The highest BCUT2D eigenvalue weighted by Gasteiger charge is 2.21. The molecule has 0 N–H and O–H groups in total. The molecule has 0 atom stereocenters. The molecule has 0 amide bonds. The summed E-state index contributed by atoms with van der Waals surface area (Å²) in [7, 11) is 0. The molecule has 0 fully saturated rings. The molecular formula is C21H18ClN3. The van der Waals surface area contributed by atoms with Crippen molar-refractivity contribution in [3.63, 3.8) is 0 Å². The van der Waals surface area contributed by atoms with Gasteiger partial charge in [-0.3, -0.25) is 9.97 Å². The summed E-state index contributed by atoms with van der Waals surface area (Å²) in [5.41, 5.74) is 5.81. The molecule has 0 aliphatic carbocycles. The van der Waals surface area contributed by atoms with Crippen LogP contribution in [0.3, 0.4) is 0 Å². The first-order valence-electron chi connectivity index (χ1n) is 8.31. The predicted molar refractivity (Wildman–Crippen MR) is 103 cm³/mol. The Labute approximate surface area is 151 Å². The van der Waals surface area contributed by atoms with Crippen LogP contribution in [-0.2, 0) is 0 Å². The van der Waals surface area contributed by atoms with Crippen LogP contribution < -0.4 is 0 Å². The Morgan fingerprint density at radius 3 is 2.24 bits per heavy atom. The highest BCUT2D eigenvalue weighted by Crippen LogP contribution is 2.39. The normalized spacial score (nSPS) is 11.4. The summed E-state index contributed by atoms with van der Waals surface area (Å²) in [5.74, 6) is 0.376. The Balaban J connectivity index is 2.15. The van der Waals surface area contributed by atoms with Gasteiger partial charge in [0.05, 0.1) is 17.4 Å².